The number of aliphatic hydroxyl groups excluding tert-OH is 1. The molecule has 3 aromatic rings. The molecule has 1 unspecified atom stereocenters. The molecule has 4 radical (unpaired) electrons. The second-order valence-corrected chi connectivity index (χ2v) is 8.21. The molecule has 0 aliphatic rings. The highest BCUT2D eigenvalue weighted by molar-refractivity contribution is 6.33. The molecule has 1 amide bonds. The van der Waals surface area contributed by atoms with E-state index in [-0.39, 0.29) is 18.8 Å². The second-order valence-electron chi connectivity index (χ2n) is 7.36. The molecule has 0 bridgehead atoms. The van der Waals surface area contributed by atoms with Gasteiger partial charge in [-0.05, 0) is 35.3 Å². The maximum atomic E-state index is 12.7. The molecule has 4 N–H and O–H groups in total. The fraction of sp³-hybridized carbons (Fsp3) is 0.238. The van der Waals surface area contributed by atoms with Crippen LogP contribution in [-0.4, -0.2) is 48.7 Å². The molecular formula is C21H20B2Cl2N4O2. The van der Waals surface area contributed by atoms with Crippen molar-refractivity contribution < 1.29 is 9.90 Å². The lowest BCUT2D eigenvalue weighted by molar-refractivity contribution is 0.0912. The molecular weight excluding hydrogens is 433 g/mol. The number of rotatable bonds is 8. The number of amides is 1. The first kappa shape index (κ1) is 23.3. The van der Waals surface area contributed by atoms with Crippen LogP contribution >= 0.6 is 23.2 Å². The van der Waals surface area contributed by atoms with Crippen LogP contribution in [0, 0.1) is 0 Å². The summed E-state index contributed by atoms with van der Waals surface area (Å²) in [5.74, 6) is 0.120. The fourth-order valence-electron chi connectivity index (χ4n) is 2.95. The van der Waals surface area contributed by atoms with Gasteiger partial charge in [0.2, 0.25) is 0 Å². The quantitative estimate of drug-likeness (QED) is 0.392. The Bertz CT molecular complexity index is 1080. The van der Waals surface area contributed by atoms with Gasteiger partial charge in [-0.15, -0.1) is 0 Å². The molecule has 0 fully saturated rings. The average Bonchev–Trinajstić information content (AvgIpc) is 3.23. The highest BCUT2D eigenvalue weighted by Crippen LogP contribution is 2.31. The number of anilines is 1. The first-order valence-electron chi connectivity index (χ1n) is 9.51. The van der Waals surface area contributed by atoms with Gasteiger partial charge in [-0.2, -0.15) is 0 Å². The Hall–Kier alpha value is -2.41. The summed E-state index contributed by atoms with van der Waals surface area (Å²) in [5.41, 5.74) is 1.53. The third-order valence-corrected chi connectivity index (χ3v) is 5.21. The molecule has 1 aromatic carbocycles. The molecule has 0 saturated carbocycles. The molecule has 0 spiro atoms. The molecule has 10 heteroatoms. The monoisotopic (exact) mass is 452 g/mol. The van der Waals surface area contributed by atoms with Gasteiger partial charge in [0, 0.05) is 28.5 Å². The maximum Gasteiger partial charge on any atom is 0.268 e. The van der Waals surface area contributed by atoms with E-state index in [1.165, 1.54) is 6.20 Å². The second kappa shape index (κ2) is 9.81. The lowest BCUT2D eigenvalue weighted by Gasteiger charge is -2.26. The van der Waals surface area contributed by atoms with Crippen molar-refractivity contribution in [3.05, 3.63) is 70.1 Å². The topological polar surface area (TPSA) is 90.0 Å². The Morgan fingerprint density at radius 1 is 1.32 bits per heavy atom. The number of aromatic amines is 1. The summed E-state index contributed by atoms with van der Waals surface area (Å²) in [7, 11) is 11.7. The van der Waals surface area contributed by atoms with Gasteiger partial charge in [0.15, 0.2) is 0 Å². The molecule has 0 aliphatic heterocycles. The van der Waals surface area contributed by atoms with Gasteiger partial charge in [-0.1, -0.05) is 48.6 Å². The number of aliphatic hydroxyl groups is 1. The highest BCUT2D eigenvalue weighted by Gasteiger charge is 2.19. The minimum absolute atomic E-state index is 0.208. The van der Waals surface area contributed by atoms with Crippen molar-refractivity contribution in [2.45, 2.75) is 24.7 Å². The Kier molecular flexibility index (Phi) is 7.36. The summed E-state index contributed by atoms with van der Waals surface area (Å²) in [4.78, 5) is 19.9. The molecule has 3 rings (SSSR count). The van der Waals surface area contributed by atoms with Crippen molar-refractivity contribution in [3.8, 4) is 11.1 Å². The number of pyridine rings is 1. The van der Waals surface area contributed by atoms with Gasteiger partial charge < -0.3 is 20.7 Å². The molecule has 31 heavy (non-hydrogen) atoms. The smallest absolute Gasteiger partial charge is 0.268 e. The van der Waals surface area contributed by atoms with Crippen LogP contribution in [0.5, 0.6) is 0 Å². The number of H-pyrrole nitrogens is 1. The minimum atomic E-state index is -0.832. The van der Waals surface area contributed by atoms with E-state index in [0.29, 0.717) is 38.2 Å². The number of nitrogens with one attached hydrogen (secondary N) is 3. The number of nitrogens with zero attached hydrogens (tertiary/aromatic N) is 1. The summed E-state index contributed by atoms with van der Waals surface area (Å²) >= 11 is 12.3. The van der Waals surface area contributed by atoms with Gasteiger partial charge in [0.05, 0.1) is 25.5 Å². The van der Waals surface area contributed by atoms with Crippen LogP contribution in [0.3, 0.4) is 0 Å². The number of aromatic nitrogens is 2. The third kappa shape index (κ3) is 5.85. The molecule has 2 atom stereocenters. The predicted octanol–water partition coefficient (Wildman–Crippen LogP) is 3.73. The van der Waals surface area contributed by atoms with Gasteiger partial charge in [0.1, 0.15) is 19.4 Å². The molecule has 2 heterocycles. The summed E-state index contributed by atoms with van der Waals surface area (Å²) in [6, 6.07) is 9.75. The Labute approximate surface area is 193 Å². The fourth-order valence-corrected chi connectivity index (χ4v) is 3.36. The number of benzene rings is 1. The molecule has 0 aliphatic carbocycles. The van der Waals surface area contributed by atoms with Gasteiger partial charge in [-0.3, -0.25) is 4.79 Å². The van der Waals surface area contributed by atoms with Crippen molar-refractivity contribution in [3.63, 3.8) is 0 Å². The van der Waals surface area contributed by atoms with E-state index in [1.807, 2.05) is 0 Å². The van der Waals surface area contributed by atoms with E-state index in [2.05, 4.69) is 20.6 Å². The largest absolute Gasteiger partial charge is 0.394 e. The molecule has 2 aromatic heterocycles. The third-order valence-electron chi connectivity index (χ3n) is 4.67. The van der Waals surface area contributed by atoms with Gasteiger partial charge >= 0.3 is 0 Å². The van der Waals surface area contributed by atoms with Crippen LogP contribution in [0.4, 0.5) is 5.82 Å². The molecule has 156 valence electrons. The Morgan fingerprint density at radius 2 is 2.10 bits per heavy atom. The van der Waals surface area contributed by atoms with E-state index in [1.54, 1.807) is 49.5 Å². The van der Waals surface area contributed by atoms with Crippen LogP contribution in [-0.2, 0) is 0 Å². The standard InChI is InChI=1S/C21H20B2Cl2N4O2/c1-21(23,11-22)29-19-7-15(16(25)9-27-19)13-6-17(26-8-13)20(31)28-18(10-30)12-3-2-4-14(24)5-12/h2-9,18,26,30H,10-11H2,1H3,(H,27,29)(H,28,31)/t18-,21?/m1/s1. The summed E-state index contributed by atoms with van der Waals surface area (Å²) in [5, 5.41) is 16.5. The Balaban J connectivity index is 1.80. The number of carbonyl (C=O) groups is 1. The average molecular weight is 453 g/mol. The summed E-state index contributed by atoms with van der Waals surface area (Å²) < 4.78 is 0. The highest BCUT2D eigenvalue weighted by atomic mass is 35.5. The van der Waals surface area contributed by atoms with E-state index in [9.17, 15) is 9.90 Å². The van der Waals surface area contributed by atoms with Crippen molar-refractivity contribution in [1.29, 1.82) is 0 Å². The summed E-state index contributed by atoms with van der Waals surface area (Å²) in [6.45, 7) is 1.48. The van der Waals surface area contributed by atoms with Crippen LogP contribution in [0.1, 0.15) is 29.0 Å². The number of halogens is 2. The lowest BCUT2D eigenvalue weighted by atomic mass is 9.70. The number of hydrogen-bond donors (Lipinski definition) is 4. The number of carbonyl (C=O) groups excluding carboxylic acids is 1. The maximum absolute atomic E-state index is 12.7. The van der Waals surface area contributed by atoms with E-state index >= 15 is 0 Å². The van der Waals surface area contributed by atoms with Gasteiger partial charge in [-0.25, -0.2) is 4.98 Å². The number of hydrogen-bond acceptors (Lipinski definition) is 4. The van der Waals surface area contributed by atoms with E-state index in [0.717, 1.165) is 0 Å². The zero-order valence-electron chi connectivity index (χ0n) is 16.8. The van der Waals surface area contributed by atoms with Crippen molar-refractivity contribution in [2.75, 3.05) is 11.9 Å². The zero-order valence-corrected chi connectivity index (χ0v) is 18.3. The van der Waals surface area contributed by atoms with Gasteiger partial charge in [0.25, 0.3) is 5.91 Å². The van der Waals surface area contributed by atoms with Crippen LogP contribution in [0.15, 0.2) is 48.8 Å². The van der Waals surface area contributed by atoms with Crippen molar-refractivity contribution in [2.24, 2.45) is 0 Å². The Morgan fingerprint density at radius 3 is 2.77 bits per heavy atom. The van der Waals surface area contributed by atoms with Crippen LogP contribution in [0.25, 0.3) is 11.1 Å². The molecule has 6 nitrogen and oxygen atoms in total. The molecule has 0 saturated heterocycles. The zero-order chi connectivity index (χ0) is 22.6. The van der Waals surface area contributed by atoms with E-state index in [4.69, 9.17) is 38.9 Å². The predicted molar refractivity (Wildman–Crippen MR) is 126 cm³/mol. The van der Waals surface area contributed by atoms with Crippen molar-refractivity contribution in [1.82, 2.24) is 15.3 Å². The normalized spacial score (nSPS) is 13.9. The SMILES string of the molecule is [B]CC([B])(C)Nc1cc(-c2c[nH]c(C(=O)N[C@H](CO)c3cccc(Cl)c3)c2)c(Cl)cn1. The summed E-state index contributed by atoms with van der Waals surface area (Å²) in [6.07, 6.45) is 3.37. The van der Waals surface area contributed by atoms with E-state index < -0.39 is 11.5 Å². The van der Waals surface area contributed by atoms with Crippen LogP contribution < -0.4 is 10.6 Å². The minimum Gasteiger partial charge on any atom is -0.394 e. The lowest BCUT2D eigenvalue weighted by Crippen LogP contribution is -2.34. The van der Waals surface area contributed by atoms with Crippen molar-refractivity contribution >= 4 is 50.6 Å². The first-order valence-corrected chi connectivity index (χ1v) is 10.3. The first-order chi connectivity index (χ1) is 14.7. The van der Waals surface area contributed by atoms with Crippen LogP contribution in [0.2, 0.25) is 16.4 Å².